The van der Waals surface area contributed by atoms with Crippen molar-refractivity contribution >= 4 is 11.5 Å². The second kappa shape index (κ2) is 8.12. The van der Waals surface area contributed by atoms with Gasteiger partial charge in [0.2, 0.25) is 0 Å². The lowest BCUT2D eigenvalue weighted by Gasteiger charge is -2.10. The molecule has 0 aliphatic carbocycles. The lowest BCUT2D eigenvalue weighted by molar-refractivity contribution is -0.127. The second-order valence-electron chi connectivity index (χ2n) is 5.47. The topological polar surface area (TPSA) is 35.5 Å². The zero-order chi connectivity index (χ0) is 18.4. The van der Waals surface area contributed by atoms with E-state index in [0.717, 1.165) is 5.56 Å². The van der Waals surface area contributed by atoms with Crippen molar-refractivity contribution in [2.45, 2.75) is 6.92 Å². The van der Waals surface area contributed by atoms with Crippen molar-refractivity contribution < 1.29 is 18.7 Å². The van der Waals surface area contributed by atoms with Gasteiger partial charge in [-0.2, -0.15) is 0 Å². The summed E-state index contributed by atoms with van der Waals surface area (Å²) < 4.78 is 24.7. The molecule has 26 heavy (non-hydrogen) atoms. The Hall–Kier alpha value is -3.40. The summed E-state index contributed by atoms with van der Waals surface area (Å²) in [6.45, 7) is 1.78. The molecular formula is C22H17FO3. The molecule has 0 saturated heterocycles. The van der Waals surface area contributed by atoms with Gasteiger partial charge in [0.1, 0.15) is 11.5 Å². The van der Waals surface area contributed by atoms with Crippen LogP contribution in [0, 0.1) is 5.82 Å². The number of hydrogen-bond donors (Lipinski definition) is 0. The van der Waals surface area contributed by atoms with E-state index in [1.807, 2.05) is 30.3 Å². The number of ether oxygens (including phenoxy) is 2. The molecule has 0 aromatic heterocycles. The maximum absolute atomic E-state index is 13.7. The van der Waals surface area contributed by atoms with Crippen LogP contribution in [0.5, 0.6) is 17.2 Å². The van der Waals surface area contributed by atoms with Gasteiger partial charge in [-0.15, -0.1) is 0 Å². The highest BCUT2D eigenvalue weighted by Gasteiger charge is 2.14. The van der Waals surface area contributed by atoms with E-state index in [-0.39, 0.29) is 5.75 Å². The Kier molecular flexibility index (Phi) is 5.44. The van der Waals surface area contributed by atoms with Gasteiger partial charge < -0.3 is 9.47 Å². The summed E-state index contributed by atoms with van der Waals surface area (Å²) in [6.07, 6.45) is 1.71. The average Bonchev–Trinajstić information content (AvgIpc) is 2.65. The summed E-state index contributed by atoms with van der Waals surface area (Å²) in [5, 5.41) is 0. The summed E-state index contributed by atoms with van der Waals surface area (Å²) in [6, 6.07) is 21.9. The smallest absolute Gasteiger partial charge is 0.343 e. The molecule has 0 amide bonds. The van der Waals surface area contributed by atoms with Crippen LogP contribution in [0.1, 0.15) is 12.5 Å². The molecule has 0 aliphatic heterocycles. The number of rotatable bonds is 5. The second-order valence-corrected chi connectivity index (χ2v) is 5.47. The average molecular weight is 348 g/mol. The zero-order valence-electron chi connectivity index (χ0n) is 14.2. The normalized spacial score (nSPS) is 11.1. The molecule has 0 radical (unpaired) electrons. The Morgan fingerprint density at radius 1 is 0.885 bits per heavy atom. The fourth-order valence-corrected chi connectivity index (χ4v) is 2.44. The maximum atomic E-state index is 13.7. The molecule has 0 unspecified atom stereocenters. The summed E-state index contributed by atoms with van der Waals surface area (Å²) >= 11 is 0. The largest absolute Gasteiger partial charge is 0.454 e. The Bertz CT molecular complexity index is 933. The molecule has 4 heteroatoms. The SMILES string of the molecule is CC=C(C(=O)Oc1cccc(Oc2ccccc2F)c1)c1ccccc1. The summed E-state index contributed by atoms with van der Waals surface area (Å²) in [5.41, 5.74) is 1.24. The highest BCUT2D eigenvalue weighted by atomic mass is 19.1. The van der Waals surface area contributed by atoms with Crippen LogP contribution in [0.15, 0.2) is 84.9 Å². The maximum Gasteiger partial charge on any atom is 0.343 e. The van der Waals surface area contributed by atoms with E-state index in [9.17, 15) is 9.18 Å². The molecule has 3 nitrogen and oxygen atoms in total. The molecule has 0 atom stereocenters. The molecule has 0 spiro atoms. The molecule has 0 fully saturated rings. The monoisotopic (exact) mass is 348 g/mol. The quantitative estimate of drug-likeness (QED) is 0.341. The predicted octanol–water partition coefficient (Wildman–Crippen LogP) is 5.63. The molecule has 3 aromatic carbocycles. The summed E-state index contributed by atoms with van der Waals surface area (Å²) in [5.74, 6) is -0.132. The van der Waals surface area contributed by atoms with E-state index in [0.29, 0.717) is 17.1 Å². The predicted molar refractivity (Wildman–Crippen MR) is 98.6 cm³/mol. The molecule has 0 heterocycles. The number of esters is 1. The van der Waals surface area contributed by atoms with E-state index in [1.165, 1.54) is 12.1 Å². The number of hydrogen-bond acceptors (Lipinski definition) is 3. The van der Waals surface area contributed by atoms with Crippen molar-refractivity contribution in [3.8, 4) is 17.2 Å². The van der Waals surface area contributed by atoms with Gasteiger partial charge in [0, 0.05) is 6.07 Å². The highest BCUT2D eigenvalue weighted by Crippen LogP contribution is 2.28. The van der Waals surface area contributed by atoms with Crippen LogP contribution < -0.4 is 9.47 Å². The van der Waals surface area contributed by atoms with Gasteiger partial charge in [-0.25, -0.2) is 9.18 Å². The van der Waals surface area contributed by atoms with E-state index >= 15 is 0 Å². The molecule has 3 aromatic rings. The van der Waals surface area contributed by atoms with Gasteiger partial charge in [-0.3, -0.25) is 0 Å². The number of carbonyl (C=O) groups excluding carboxylic acids is 1. The van der Waals surface area contributed by atoms with Gasteiger partial charge in [0.25, 0.3) is 0 Å². The van der Waals surface area contributed by atoms with Crippen LogP contribution >= 0.6 is 0 Å². The van der Waals surface area contributed by atoms with Crippen LogP contribution in [-0.2, 0) is 4.79 Å². The van der Waals surface area contributed by atoms with Crippen molar-refractivity contribution in [3.63, 3.8) is 0 Å². The Balaban J connectivity index is 1.76. The fraction of sp³-hybridized carbons (Fsp3) is 0.0455. The van der Waals surface area contributed by atoms with Gasteiger partial charge in [-0.05, 0) is 36.8 Å². The van der Waals surface area contributed by atoms with Crippen molar-refractivity contribution in [2.75, 3.05) is 0 Å². The van der Waals surface area contributed by atoms with E-state index < -0.39 is 11.8 Å². The summed E-state index contributed by atoms with van der Waals surface area (Å²) in [4.78, 5) is 12.5. The third kappa shape index (κ3) is 4.16. The molecule has 130 valence electrons. The fourth-order valence-electron chi connectivity index (χ4n) is 2.44. The van der Waals surface area contributed by atoms with Crippen molar-refractivity contribution in [1.82, 2.24) is 0 Å². The third-order valence-electron chi connectivity index (χ3n) is 3.67. The molecule has 0 aliphatic rings. The Morgan fingerprint density at radius 3 is 2.31 bits per heavy atom. The van der Waals surface area contributed by atoms with Crippen molar-refractivity contribution in [3.05, 3.63) is 96.3 Å². The molecule has 3 rings (SSSR count). The Labute approximate surface area is 151 Å². The number of allylic oxidation sites excluding steroid dienone is 1. The minimum Gasteiger partial charge on any atom is -0.454 e. The van der Waals surface area contributed by atoms with Gasteiger partial charge >= 0.3 is 5.97 Å². The first-order valence-corrected chi connectivity index (χ1v) is 8.14. The number of para-hydroxylation sites is 1. The minimum atomic E-state index is -0.471. The number of halogens is 1. The van der Waals surface area contributed by atoms with Gasteiger partial charge in [0.15, 0.2) is 11.6 Å². The minimum absolute atomic E-state index is 0.106. The first-order chi connectivity index (χ1) is 12.7. The first kappa shape index (κ1) is 17.4. The first-order valence-electron chi connectivity index (χ1n) is 8.14. The Morgan fingerprint density at radius 2 is 1.58 bits per heavy atom. The molecule has 0 saturated carbocycles. The van der Waals surface area contributed by atoms with E-state index in [1.54, 1.807) is 49.4 Å². The van der Waals surface area contributed by atoms with Gasteiger partial charge in [-0.1, -0.05) is 54.6 Å². The zero-order valence-corrected chi connectivity index (χ0v) is 14.2. The van der Waals surface area contributed by atoms with Crippen molar-refractivity contribution in [1.29, 1.82) is 0 Å². The number of benzene rings is 3. The van der Waals surface area contributed by atoms with Crippen LogP contribution in [0.25, 0.3) is 5.57 Å². The lowest BCUT2D eigenvalue weighted by atomic mass is 10.1. The lowest BCUT2D eigenvalue weighted by Crippen LogP contribution is -2.10. The van der Waals surface area contributed by atoms with Crippen LogP contribution in [0.2, 0.25) is 0 Å². The molecule has 0 bridgehead atoms. The third-order valence-corrected chi connectivity index (χ3v) is 3.67. The summed E-state index contributed by atoms with van der Waals surface area (Å²) in [7, 11) is 0. The van der Waals surface area contributed by atoms with Crippen LogP contribution in [0.4, 0.5) is 4.39 Å². The van der Waals surface area contributed by atoms with E-state index in [2.05, 4.69) is 0 Å². The molecular weight excluding hydrogens is 331 g/mol. The van der Waals surface area contributed by atoms with Crippen LogP contribution in [0.3, 0.4) is 0 Å². The van der Waals surface area contributed by atoms with Gasteiger partial charge in [0.05, 0.1) is 5.57 Å². The molecule has 0 N–H and O–H groups in total. The highest BCUT2D eigenvalue weighted by molar-refractivity contribution is 6.17. The standard InChI is InChI=1S/C22H17FO3/c1-2-19(16-9-4-3-5-10-16)22(24)26-18-12-8-11-17(15-18)25-21-14-7-6-13-20(21)23/h2-15H,1H3. The van der Waals surface area contributed by atoms with Crippen molar-refractivity contribution in [2.24, 2.45) is 0 Å². The van der Waals surface area contributed by atoms with Crippen LogP contribution in [-0.4, -0.2) is 5.97 Å². The van der Waals surface area contributed by atoms with E-state index in [4.69, 9.17) is 9.47 Å². The number of carbonyl (C=O) groups is 1.